The Hall–Kier alpha value is -2.37. The second kappa shape index (κ2) is 4.33. The molecule has 1 aromatic rings. The molecule has 0 aliphatic carbocycles. The van der Waals surface area contributed by atoms with Crippen LogP contribution in [0.2, 0.25) is 0 Å². The SMILES string of the molecule is Cc1ccc(C(=O)N2CCC3(C2)NC(=O)NC3=O)cc1. The highest BCUT2D eigenvalue weighted by Crippen LogP contribution is 2.25. The Morgan fingerprint density at radius 3 is 2.55 bits per heavy atom. The van der Waals surface area contributed by atoms with E-state index in [1.165, 1.54) is 0 Å². The van der Waals surface area contributed by atoms with E-state index in [0.29, 0.717) is 18.5 Å². The lowest BCUT2D eigenvalue weighted by Crippen LogP contribution is -2.49. The van der Waals surface area contributed by atoms with Gasteiger partial charge >= 0.3 is 6.03 Å². The van der Waals surface area contributed by atoms with Crippen LogP contribution in [0.1, 0.15) is 22.3 Å². The average Bonchev–Trinajstić information content (AvgIpc) is 2.95. The molecule has 6 heteroatoms. The fourth-order valence-electron chi connectivity index (χ4n) is 2.68. The molecular weight excluding hydrogens is 258 g/mol. The van der Waals surface area contributed by atoms with Crippen molar-refractivity contribution in [2.24, 2.45) is 0 Å². The molecule has 2 aliphatic heterocycles. The van der Waals surface area contributed by atoms with E-state index in [4.69, 9.17) is 0 Å². The number of amides is 4. The first kappa shape index (κ1) is 12.7. The van der Waals surface area contributed by atoms with Crippen molar-refractivity contribution in [3.63, 3.8) is 0 Å². The highest BCUT2D eigenvalue weighted by molar-refractivity contribution is 6.08. The summed E-state index contributed by atoms with van der Waals surface area (Å²) in [5.41, 5.74) is 0.733. The van der Waals surface area contributed by atoms with Crippen molar-refractivity contribution >= 4 is 17.8 Å². The first-order valence-corrected chi connectivity index (χ1v) is 6.50. The van der Waals surface area contributed by atoms with Crippen LogP contribution in [0.15, 0.2) is 24.3 Å². The van der Waals surface area contributed by atoms with E-state index in [-0.39, 0.29) is 18.4 Å². The van der Waals surface area contributed by atoms with Crippen LogP contribution >= 0.6 is 0 Å². The van der Waals surface area contributed by atoms with Crippen molar-refractivity contribution in [3.05, 3.63) is 35.4 Å². The number of likely N-dealkylation sites (tertiary alicyclic amines) is 1. The van der Waals surface area contributed by atoms with E-state index in [0.717, 1.165) is 5.56 Å². The van der Waals surface area contributed by atoms with E-state index in [1.54, 1.807) is 17.0 Å². The molecule has 6 nitrogen and oxygen atoms in total. The van der Waals surface area contributed by atoms with Crippen molar-refractivity contribution in [1.82, 2.24) is 15.5 Å². The normalized spacial score (nSPS) is 24.9. The van der Waals surface area contributed by atoms with Gasteiger partial charge in [0.05, 0.1) is 6.54 Å². The summed E-state index contributed by atoms with van der Waals surface area (Å²) >= 11 is 0. The lowest BCUT2D eigenvalue weighted by molar-refractivity contribution is -0.123. The summed E-state index contributed by atoms with van der Waals surface area (Å²) in [6.45, 7) is 2.63. The molecule has 1 aromatic carbocycles. The summed E-state index contributed by atoms with van der Waals surface area (Å²) in [5, 5.41) is 4.86. The Morgan fingerprint density at radius 2 is 1.95 bits per heavy atom. The van der Waals surface area contributed by atoms with E-state index in [9.17, 15) is 14.4 Å². The van der Waals surface area contributed by atoms with Crippen molar-refractivity contribution < 1.29 is 14.4 Å². The molecule has 104 valence electrons. The number of imide groups is 1. The van der Waals surface area contributed by atoms with E-state index >= 15 is 0 Å². The lowest BCUT2D eigenvalue weighted by Gasteiger charge is -2.21. The van der Waals surface area contributed by atoms with Crippen LogP contribution in [0, 0.1) is 6.92 Å². The van der Waals surface area contributed by atoms with Gasteiger partial charge in [-0.2, -0.15) is 0 Å². The number of carbonyl (C=O) groups is 3. The molecule has 4 amide bonds. The Balaban J connectivity index is 1.77. The van der Waals surface area contributed by atoms with E-state index in [2.05, 4.69) is 10.6 Å². The van der Waals surface area contributed by atoms with Crippen LogP contribution in [0.25, 0.3) is 0 Å². The first-order chi connectivity index (χ1) is 9.50. The largest absolute Gasteiger partial charge is 0.336 e. The maximum Gasteiger partial charge on any atom is 0.322 e. The van der Waals surface area contributed by atoms with Gasteiger partial charge in [0.15, 0.2) is 0 Å². The molecule has 1 unspecified atom stereocenters. The number of hydrogen-bond acceptors (Lipinski definition) is 3. The van der Waals surface area contributed by atoms with Crippen LogP contribution in [0.4, 0.5) is 4.79 Å². The van der Waals surface area contributed by atoms with Crippen LogP contribution < -0.4 is 10.6 Å². The fourth-order valence-corrected chi connectivity index (χ4v) is 2.68. The molecule has 0 aromatic heterocycles. The van der Waals surface area contributed by atoms with Gasteiger partial charge < -0.3 is 10.2 Å². The predicted molar refractivity (Wildman–Crippen MR) is 71.1 cm³/mol. The smallest absolute Gasteiger partial charge is 0.322 e. The number of rotatable bonds is 1. The molecule has 2 saturated heterocycles. The Bertz CT molecular complexity index is 596. The van der Waals surface area contributed by atoms with Crippen LogP contribution in [0.3, 0.4) is 0 Å². The molecule has 0 bridgehead atoms. The van der Waals surface area contributed by atoms with Crippen molar-refractivity contribution in [2.75, 3.05) is 13.1 Å². The van der Waals surface area contributed by atoms with E-state index in [1.807, 2.05) is 19.1 Å². The first-order valence-electron chi connectivity index (χ1n) is 6.50. The summed E-state index contributed by atoms with van der Waals surface area (Å²) in [5.74, 6) is -0.461. The van der Waals surface area contributed by atoms with Gasteiger partial charge in [-0.05, 0) is 25.5 Å². The second-order valence-electron chi connectivity index (χ2n) is 5.33. The number of nitrogens with zero attached hydrogens (tertiary/aromatic N) is 1. The molecule has 1 spiro atoms. The van der Waals surface area contributed by atoms with Gasteiger partial charge in [-0.3, -0.25) is 14.9 Å². The molecule has 3 rings (SSSR count). The Kier molecular flexibility index (Phi) is 2.74. The monoisotopic (exact) mass is 273 g/mol. The predicted octanol–water partition coefficient (Wildman–Crippen LogP) is 0.419. The molecule has 2 heterocycles. The van der Waals surface area contributed by atoms with Gasteiger partial charge in [-0.15, -0.1) is 0 Å². The van der Waals surface area contributed by atoms with Gasteiger partial charge in [0.25, 0.3) is 11.8 Å². The minimum atomic E-state index is -0.947. The highest BCUT2D eigenvalue weighted by Gasteiger charge is 2.51. The molecular formula is C14H15N3O3. The van der Waals surface area contributed by atoms with Gasteiger partial charge in [0.1, 0.15) is 5.54 Å². The Labute approximate surface area is 116 Å². The summed E-state index contributed by atoms with van der Waals surface area (Å²) in [4.78, 5) is 37.1. The standard InChI is InChI=1S/C14H15N3O3/c1-9-2-4-10(5-3-9)11(18)17-7-6-14(8-17)12(19)15-13(20)16-14/h2-5H,6-8H2,1H3,(H2,15,16,19,20). The molecule has 0 radical (unpaired) electrons. The zero-order chi connectivity index (χ0) is 14.3. The lowest BCUT2D eigenvalue weighted by atomic mass is 9.99. The molecule has 2 aliphatic rings. The average molecular weight is 273 g/mol. The number of benzene rings is 1. The van der Waals surface area contributed by atoms with Crippen molar-refractivity contribution in [2.45, 2.75) is 18.9 Å². The maximum atomic E-state index is 12.4. The third kappa shape index (κ3) is 1.93. The molecule has 0 saturated carbocycles. The van der Waals surface area contributed by atoms with Crippen LogP contribution in [-0.2, 0) is 4.79 Å². The van der Waals surface area contributed by atoms with Crippen LogP contribution in [-0.4, -0.2) is 41.4 Å². The molecule has 20 heavy (non-hydrogen) atoms. The topological polar surface area (TPSA) is 78.5 Å². The van der Waals surface area contributed by atoms with Crippen molar-refractivity contribution in [3.8, 4) is 0 Å². The molecule has 1 atom stereocenters. The van der Waals surface area contributed by atoms with Gasteiger partial charge in [-0.25, -0.2) is 4.79 Å². The zero-order valence-electron chi connectivity index (χ0n) is 11.1. The Morgan fingerprint density at radius 1 is 1.25 bits per heavy atom. The minimum absolute atomic E-state index is 0.115. The summed E-state index contributed by atoms with van der Waals surface area (Å²) in [7, 11) is 0. The number of nitrogens with one attached hydrogen (secondary N) is 2. The van der Waals surface area contributed by atoms with Crippen molar-refractivity contribution in [1.29, 1.82) is 0 Å². The number of urea groups is 1. The quantitative estimate of drug-likeness (QED) is 0.728. The van der Waals surface area contributed by atoms with Crippen LogP contribution in [0.5, 0.6) is 0 Å². The highest BCUT2D eigenvalue weighted by atomic mass is 16.2. The summed E-state index contributed by atoms with van der Waals surface area (Å²) < 4.78 is 0. The third-order valence-electron chi connectivity index (χ3n) is 3.87. The summed E-state index contributed by atoms with van der Waals surface area (Å²) in [6, 6.07) is 6.82. The zero-order valence-corrected chi connectivity index (χ0v) is 11.1. The van der Waals surface area contributed by atoms with Gasteiger partial charge in [0, 0.05) is 12.1 Å². The number of hydrogen-bond donors (Lipinski definition) is 2. The summed E-state index contributed by atoms with van der Waals surface area (Å²) in [6.07, 6.45) is 0.447. The van der Waals surface area contributed by atoms with E-state index < -0.39 is 11.6 Å². The second-order valence-corrected chi connectivity index (χ2v) is 5.33. The number of aryl methyl sites for hydroxylation is 1. The maximum absolute atomic E-state index is 12.4. The molecule has 2 N–H and O–H groups in total. The number of carbonyl (C=O) groups excluding carboxylic acids is 3. The van der Waals surface area contributed by atoms with Gasteiger partial charge in [0.2, 0.25) is 0 Å². The molecule has 2 fully saturated rings. The van der Waals surface area contributed by atoms with Gasteiger partial charge in [-0.1, -0.05) is 17.7 Å². The third-order valence-corrected chi connectivity index (χ3v) is 3.87. The fraction of sp³-hybridized carbons (Fsp3) is 0.357. The minimum Gasteiger partial charge on any atom is -0.336 e.